The van der Waals surface area contributed by atoms with Crippen LogP contribution in [0.2, 0.25) is 0 Å². The van der Waals surface area contributed by atoms with Gasteiger partial charge in [0, 0.05) is 14.5 Å². The van der Waals surface area contributed by atoms with Crippen molar-refractivity contribution in [3.8, 4) is 0 Å². The van der Waals surface area contributed by atoms with Gasteiger partial charge in [0.25, 0.3) is 0 Å². The smallest absolute Gasteiger partial charge is 0.185 e. The first-order valence-electron chi connectivity index (χ1n) is 5.39. The van der Waals surface area contributed by atoms with Gasteiger partial charge in [-0.15, -0.1) is 0 Å². The van der Waals surface area contributed by atoms with Gasteiger partial charge in [0.15, 0.2) is 5.78 Å². The minimum atomic E-state index is -0.00736. The Morgan fingerprint density at radius 3 is 2.50 bits per heavy atom. The number of hydrogen-bond donors (Lipinski definition) is 0. The molecule has 18 heavy (non-hydrogen) atoms. The van der Waals surface area contributed by atoms with Crippen molar-refractivity contribution in [3.05, 3.63) is 74.7 Å². The van der Waals surface area contributed by atoms with Crippen molar-refractivity contribution in [1.82, 2.24) is 0 Å². The summed E-state index contributed by atoms with van der Waals surface area (Å²) in [6.07, 6.45) is 3.40. The van der Waals surface area contributed by atoms with Crippen LogP contribution in [0.4, 0.5) is 0 Å². The van der Waals surface area contributed by atoms with Crippen LogP contribution >= 0.6 is 31.9 Å². The van der Waals surface area contributed by atoms with Crippen LogP contribution in [0.15, 0.2) is 63.6 Å². The molecule has 2 aromatic carbocycles. The van der Waals surface area contributed by atoms with E-state index in [0.717, 1.165) is 14.5 Å². The van der Waals surface area contributed by atoms with Gasteiger partial charge < -0.3 is 0 Å². The Hall–Kier alpha value is -1.19. The van der Waals surface area contributed by atoms with Gasteiger partial charge in [-0.05, 0) is 35.9 Å². The fourth-order valence-corrected chi connectivity index (χ4v) is 2.33. The molecule has 0 aliphatic heterocycles. The largest absolute Gasteiger partial charge is 0.289 e. The average molecular weight is 366 g/mol. The van der Waals surface area contributed by atoms with Gasteiger partial charge in [-0.2, -0.15) is 0 Å². The number of benzene rings is 2. The number of allylic oxidation sites excluding steroid dienone is 1. The Kier molecular flexibility index (Phi) is 4.50. The van der Waals surface area contributed by atoms with Crippen molar-refractivity contribution < 1.29 is 4.79 Å². The Bertz CT molecular complexity index is 603. The monoisotopic (exact) mass is 364 g/mol. The molecule has 0 unspecified atom stereocenters. The molecule has 3 heteroatoms. The highest BCUT2D eigenvalue weighted by Crippen LogP contribution is 2.18. The molecule has 0 saturated heterocycles. The lowest BCUT2D eigenvalue weighted by atomic mass is 10.1. The minimum absolute atomic E-state index is 0.00736. The molecule has 0 bridgehead atoms. The summed E-state index contributed by atoms with van der Waals surface area (Å²) in [5.74, 6) is -0.00736. The van der Waals surface area contributed by atoms with Crippen LogP contribution in [0, 0.1) is 0 Å². The molecule has 90 valence electrons. The van der Waals surface area contributed by atoms with E-state index in [-0.39, 0.29) is 5.78 Å². The molecule has 0 saturated carbocycles. The summed E-state index contributed by atoms with van der Waals surface area (Å²) >= 11 is 6.80. The van der Waals surface area contributed by atoms with Crippen LogP contribution < -0.4 is 0 Å². The molecule has 0 atom stereocenters. The zero-order valence-corrected chi connectivity index (χ0v) is 12.6. The molecule has 0 amide bonds. The standard InChI is InChI=1S/C15H10Br2O/c16-13-6-3-5-12(10-13)15(18)9-8-11-4-1-2-7-14(11)17/h1-10H/b9-8+. The van der Waals surface area contributed by atoms with Gasteiger partial charge in [-0.25, -0.2) is 0 Å². The van der Waals surface area contributed by atoms with E-state index in [1.165, 1.54) is 0 Å². The Labute approximate surface area is 123 Å². The van der Waals surface area contributed by atoms with Gasteiger partial charge in [-0.3, -0.25) is 4.79 Å². The van der Waals surface area contributed by atoms with Crippen molar-refractivity contribution in [2.45, 2.75) is 0 Å². The Balaban J connectivity index is 2.20. The van der Waals surface area contributed by atoms with E-state index >= 15 is 0 Å². The van der Waals surface area contributed by atoms with Crippen molar-refractivity contribution in [2.24, 2.45) is 0 Å². The minimum Gasteiger partial charge on any atom is -0.289 e. The number of carbonyl (C=O) groups is 1. The van der Waals surface area contributed by atoms with Crippen LogP contribution in [0.1, 0.15) is 15.9 Å². The molecule has 2 rings (SSSR count). The van der Waals surface area contributed by atoms with Crippen LogP contribution in [0.3, 0.4) is 0 Å². The van der Waals surface area contributed by atoms with Crippen LogP contribution in [0.25, 0.3) is 6.08 Å². The summed E-state index contributed by atoms with van der Waals surface area (Å²) in [5.41, 5.74) is 1.66. The SMILES string of the molecule is O=C(/C=C/c1ccccc1Br)c1cccc(Br)c1. The highest BCUT2D eigenvalue weighted by molar-refractivity contribution is 9.10. The summed E-state index contributed by atoms with van der Waals surface area (Å²) in [5, 5.41) is 0. The summed E-state index contributed by atoms with van der Waals surface area (Å²) in [4.78, 5) is 12.0. The molecule has 0 spiro atoms. The van der Waals surface area contributed by atoms with E-state index < -0.39 is 0 Å². The molecule has 2 aromatic rings. The highest BCUT2D eigenvalue weighted by Gasteiger charge is 2.02. The molecule has 0 aliphatic carbocycles. The summed E-state index contributed by atoms with van der Waals surface area (Å²) < 4.78 is 1.88. The van der Waals surface area contributed by atoms with E-state index in [4.69, 9.17) is 0 Å². The maximum Gasteiger partial charge on any atom is 0.185 e. The third-order valence-corrected chi connectivity index (χ3v) is 3.64. The average Bonchev–Trinajstić information content (AvgIpc) is 2.37. The number of hydrogen-bond acceptors (Lipinski definition) is 1. The summed E-state index contributed by atoms with van der Waals surface area (Å²) in [6.45, 7) is 0. The molecular formula is C15H10Br2O. The van der Waals surface area contributed by atoms with Crippen LogP contribution in [0.5, 0.6) is 0 Å². The first kappa shape index (κ1) is 13.2. The maximum absolute atomic E-state index is 12.0. The molecule has 0 N–H and O–H groups in total. The van der Waals surface area contributed by atoms with Gasteiger partial charge in [0.2, 0.25) is 0 Å². The second kappa shape index (κ2) is 6.12. The normalized spacial score (nSPS) is 10.8. The van der Waals surface area contributed by atoms with E-state index in [2.05, 4.69) is 31.9 Å². The number of rotatable bonds is 3. The topological polar surface area (TPSA) is 17.1 Å². The van der Waals surface area contributed by atoms with E-state index in [1.807, 2.05) is 48.5 Å². The third-order valence-electron chi connectivity index (χ3n) is 2.43. The zero-order chi connectivity index (χ0) is 13.0. The quantitative estimate of drug-likeness (QED) is 0.545. The number of halogens is 2. The van der Waals surface area contributed by atoms with Crippen molar-refractivity contribution >= 4 is 43.7 Å². The van der Waals surface area contributed by atoms with E-state index in [0.29, 0.717) is 5.56 Å². The van der Waals surface area contributed by atoms with Gasteiger partial charge in [-0.1, -0.05) is 62.2 Å². The predicted molar refractivity (Wildman–Crippen MR) is 81.6 cm³/mol. The molecule has 0 radical (unpaired) electrons. The number of ketones is 1. The lowest BCUT2D eigenvalue weighted by Crippen LogP contribution is -1.93. The van der Waals surface area contributed by atoms with Gasteiger partial charge >= 0.3 is 0 Å². The lowest BCUT2D eigenvalue weighted by Gasteiger charge is -1.98. The van der Waals surface area contributed by atoms with Crippen LogP contribution in [-0.2, 0) is 0 Å². The van der Waals surface area contributed by atoms with E-state index in [1.54, 1.807) is 12.1 Å². The first-order chi connectivity index (χ1) is 8.66. The molecule has 0 aliphatic rings. The predicted octanol–water partition coefficient (Wildman–Crippen LogP) is 5.11. The summed E-state index contributed by atoms with van der Waals surface area (Å²) in [7, 11) is 0. The second-order valence-corrected chi connectivity index (χ2v) is 5.50. The fourth-order valence-electron chi connectivity index (χ4n) is 1.51. The lowest BCUT2D eigenvalue weighted by molar-refractivity contribution is 0.104. The zero-order valence-electron chi connectivity index (χ0n) is 9.44. The van der Waals surface area contributed by atoms with Gasteiger partial charge in [0.05, 0.1) is 0 Å². The van der Waals surface area contributed by atoms with Crippen molar-refractivity contribution in [3.63, 3.8) is 0 Å². The molecular weight excluding hydrogens is 356 g/mol. The molecule has 0 fully saturated rings. The summed E-state index contributed by atoms with van der Waals surface area (Å²) in [6, 6.07) is 15.1. The molecule has 0 heterocycles. The molecule has 1 nitrogen and oxygen atoms in total. The maximum atomic E-state index is 12.0. The number of carbonyl (C=O) groups excluding carboxylic acids is 1. The Morgan fingerprint density at radius 2 is 1.78 bits per heavy atom. The Morgan fingerprint density at radius 1 is 1.00 bits per heavy atom. The second-order valence-electron chi connectivity index (χ2n) is 3.73. The van der Waals surface area contributed by atoms with Crippen molar-refractivity contribution in [2.75, 3.05) is 0 Å². The molecule has 0 aromatic heterocycles. The van der Waals surface area contributed by atoms with Crippen molar-refractivity contribution in [1.29, 1.82) is 0 Å². The fraction of sp³-hybridized carbons (Fsp3) is 0. The van der Waals surface area contributed by atoms with Gasteiger partial charge in [0.1, 0.15) is 0 Å². The first-order valence-corrected chi connectivity index (χ1v) is 6.98. The van der Waals surface area contributed by atoms with E-state index in [9.17, 15) is 4.79 Å². The third kappa shape index (κ3) is 3.40. The highest BCUT2D eigenvalue weighted by atomic mass is 79.9. The van der Waals surface area contributed by atoms with Crippen LogP contribution in [-0.4, -0.2) is 5.78 Å².